The minimum atomic E-state index is -0.781. The summed E-state index contributed by atoms with van der Waals surface area (Å²) in [6, 6.07) is 7.65. The molecule has 1 heterocycles. The predicted octanol–water partition coefficient (Wildman–Crippen LogP) is 3.09. The van der Waals surface area contributed by atoms with Gasteiger partial charge in [-0.3, -0.25) is 9.69 Å². The first-order valence-corrected chi connectivity index (χ1v) is 7.91. The zero-order valence-corrected chi connectivity index (χ0v) is 14.5. The quantitative estimate of drug-likeness (QED) is 0.890. The van der Waals surface area contributed by atoms with Crippen molar-refractivity contribution in [2.24, 2.45) is 0 Å². The lowest BCUT2D eigenvalue weighted by Crippen LogP contribution is -2.37. The number of aromatic nitrogens is 2. The first kappa shape index (κ1) is 17.2. The van der Waals surface area contributed by atoms with Gasteiger partial charge in [-0.25, -0.2) is 4.68 Å². The number of para-hydroxylation sites is 1. The molecule has 1 aromatic carbocycles. The Bertz CT molecular complexity index is 706. The van der Waals surface area contributed by atoms with Gasteiger partial charge in [0, 0.05) is 17.8 Å². The fraction of sp³-hybridized carbons (Fsp3) is 0.444. The second kappa shape index (κ2) is 6.96. The monoisotopic (exact) mass is 315 g/mol. The van der Waals surface area contributed by atoms with Crippen LogP contribution in [0.3, 0.4) is 0 Å². The fourth-order valence-corrected chi connectivity index (χ4v) is 2.97. The van der Waals surface area contributed by atoms with E-state index in [1.54, 1.807) is 0 Å². The van der Waals surface area contributed by atoms with E-state index in [0.717, 1.165) is 28.2 Å². The van der Waals surface area contributed by atoms with Gasteiger partial charge in [-0.15, -0.1) is 0 Å². The molecule has 0 spiro atoms. The summed E-state index contributed by atoms with van der Waals surface area (Å²) in [5.41, 5.74) is 5.32. The predicted molar refractivity (Wildman–Crippen MR) is 91.0 cm³/mol. The van der Waals surface area contributed by atoms with E-state index in [1.165, 1.54) is 0 Å². The molecule has 0 aliphatic heterocycles. The molecule has 124 valence electrons. The van der Waals surface area contributed by atoms with Gasteiger partial charge in [0.15, 0.2) is 0 Å². The van der Waals surface area contributed by atoms with Crippen LogP contribution in [0, 0.1) is 20.8 Å². The van der Waals surface area contributed by atoms with Gasteiger partial charge >= 0.3 is 5.97 Å². The van der Waals surface area contributed by atoms with Gasteiger partial charge in [0.25, 0.3) is 0 Å². The minimum Gasteiger partial charge on any atom is -0.480 e. The Kier molecular flexibility index (Phi) is 5.21. The van der Waals surface area contributed by atoms with Crippen LogP contribution in [0.5, 0.6) is 0 Å². The average molecular weight is 315 g/mol. The molecule has 0 radical (unpaired) electrons. The Morgan fingerprint density at radius 2 is 1.96 bits per heavy atom. The van der Waals surface area contributed by atoms with Crippen LogP contribution in [0.2, 0.25) is 0 Å². The molecule has 0 saturated carbocycles. The lowest BCUT2D eigenvalue weighted by atomic mass is 10.1. The molecule has 23 heavy (non-hydrogen) atoms. The SMILES string of the molecule is CCC(C(=O)O)N(C)Cc1c(C)nn(-c2ccccc2C)c1C. The van der Waals surface area contributed by atoms with Crippen LogP contribution in [0.4, 0.5) is 0 Å². The second-order valence-corrected chi connectivity index (χ2v) is 6.03. The Balaban J connectivity index is 2.35. The van der Waals surface area contributed by atoms with Gasteiger partial charge in [-0.2, -0.15) is 5.10 Å². The topological polar surface area (TPSA) is 58.4 Å². The highest BCUT2D eigenvalue weighted by atomic mass is 16.4. The first-order chi connectivity index (χ1) is 10.9. The van der Waals surface area contributed by atoms with E-state index in [2.05, 4.69) is 18.1 Å². The van der Waals surface area contributed by atoms with Crippen LogP contribution in [0.25, 0.3) is 5.69 Å². The fourth-order valence-electron chi connectivity index (χ4n) is 2.97. The summed E-state index contributed by atoms with van der Waals surface area (Å²) < 4.78 is 1.95. The molecule has 1 aromatic heterocycles. The van der Waals surface area contributed by atoms with Gasteiger partial charge in [0.05, 0.1) is 11.4 Å². The lowest BCUT2D eigenvalue weighted by Gasteiger charge is -2.23. The van der Waals surface area contributed by atoms with Crippen LogP contribution >= 0.6 is 0 Å². The van der Waals surface area contributed by atoms with Crippen LogP contribution in [-0.4, -0.2) is 38.8 Å². The maximum Gasteiger partial charge on any atom is 0.320 e. The lowest BCUT2D eigenvalue weighted by molar-refractivity contribution is -0.143. The zero-order chi connectivity index (χ0) is 17.1. The molecule has 0 amide bonds. The number of aryl methyl sites for hydroxylation is 2. The number of rotatable bonds is 6. The van der Waals surface area contributed by atoms with E-state index < -0.39 is 12.0 Å². The van der Waals surface area contributed by atoms with Crippen LogP contribution in [0.1, 0.15) is 35.9 Å². The second-order valence-electron chi connectivity index (χ2n) is 6.03. The zero-order valence-electron chi connectivity index (χ0n) is 14.5. The van der Waals surface area contributed by atoms with Crippen LogP contribution < -0.4 is 0 Å². The minimum absolute atomic E-state index is 0.476. The average Bonchev–Trinajstić information content (AvgIpc) is 2.76. The molecule has 0 bridgehead atoms. The van der Waals surface area contributed by atoms with E-state index >= 15 is 0 Å². The molecule has 0 aliphatic rings. The first-order valence-electron chi connectivity index (χ1n) is 7.91. The van der Waals surface area contributed by atoms with Gasteiger partial charge in [-0.1, -0.05) is 25.1 Å². The Morgan fingerprint density at radius 3 is 2.52 bits per heavy atom. The summed E-state index contributed by atoms with van der Waals surface area (Å²) in [6.45, 7) is 8.55. The van der Waals surface area contributed by atoms with E-state index in [1.807, 2.05) is 55.6 Å². The molecule has 2 aromatic rings. The summed E-state index contributed by atoms with van der Waals surface area (Å²) in [4.78, 5) is 13.2. The van der Waals surface area contributed by atoms with Crippen molar-refractivity contribution in [3.05, 3.63) is 46.8 Å². The third-order valence-corrected chi connectivity index (χ3v) is 4.40. The third-order valence-electron chi connectivity index (χ3n) is 4.40. The normalized spacial score (nSPS) is 12.6. The molecule has 2 rings (SSSR count). The number of carboxylic acid groups (broad SMARTS) is 1. The summed E-state index contributed by atoms with van der Waals surface area (Å²) in [7, 11) is 1.85. The molecule has 0 aliphatic carbocycles. The Hall–Kier alpha value is -2.14. The molecular formula is C18H25N3O2. The van der Waals surface area contributed by atoms with Crippen molar-refractivity contribution in [3.8, 4) is 5.69 Å². The maximum absolute atomic E-state index is 11.3. The third kappa shape index (κ3) is 3.45. The number of carbonyl (C=O) groups is 1. The van der Waals surface area contributed by atoms with Crippen molar-refractivity contribution >= 4 is 5.97 Å². The molecular weight excluding hydrogens is 290 g/mol. The number of hydrogen-bond donors (Lipinski definition) is 1. The van der Waals surface area contributed by atoms with Crippen molar-refractivity contribution in [3.63, 3.8) is 0 Å². The van der Waals surface area contributed by atoms with Crippen molar-refractivity contribution in [1.82, 2.24) is 14.7 Å². The van der Waals surface area contributed by atoms with Crippen molar-refractivity contribution in [2.45, 2.75) is 46.7 Å². The van der Waals surface area contributed by atoms with E-state index in [4.69, 9.17) is 0 Å². The summed E-state index contributed by atoms with van der Waals surface area (Å²) in [6.07, 6.45) is 0.579. The van der Waals surface area contributed by atoms with Crippen molar-refractivity contribution in [1.29, 1.82) is 0 Å². The molecule has 1 unspecified atom stereocenters. The Labute approximate surface area is 137 Å². The summed E-state index contributed by atoms with van der Waals surface area (Å²) >= 11 is 0. The van der Waals surface area contributed by atoms with E-state index in [0.29, 0.717) is 13.0 Å². The molecule has 5 heteroatoms. The van der Waals surface area contributed by atoms with E-state index in [-0.39, 0.29) is 0 Å². The van der Waals surface area contributed by atoms with Gasteiger partial charge < -0.3 is 5.11 Å². The molecule has 0 saturated heterocycles. The number of hydrogen-bond acceptors (Lipinski definition) is 3. The molecule has 1 atom stereocenters. The molecule has 5 nitrogen and oxygen atoms in total. The standard InChI is InChI=1S/C18H25N3O2/c1-6-16(18(22)23)20(5)11-15-13(3)19-21(14(15)4)17-10-8-7-9-12(17)2/h7-10,16H,6,11H2,1-5H3,(H,22,23). The summed E-state index contributed by atoms with van der Waals surface area (Å²) in [5, 5.41) is 14.0. The smallest absolute Gasteiger partial charge is 0.320 e. The van der Waals surface area contributed by atoms with Crippen molar-refractivity contribution < 1.29 is 9.90 Å². The van der Waals surface area contributed by atoms with Gasteiger partial charge in [-0.05, 0) is 45.9 Å². The maximum atomic E-state index is 11.3. The van der Waals surface area contributed by atoms with Crippen LogP contribution in [-0.2, 0) is 11.3 Å². The largest absolute Gasteiger partial charge is 0.480 e. The number of aliphatic carboxylic acids is 1. The highest BCUT2D eigenvalue weighted by molar-refractivity contribution is 5.73. The van der Waals surface area contributed by atoms with Gasteiger partial charge in [0.2, 0.25) is 0 Å². The number of carboxylic acids is 1. The molecule has 1 N–H and O–H groups in total. The highest BCUT2D eigenvalue weighted by Crippen LogP contribution is 2.22. The highest BCUT2D eigenvalue weighted by Gasteiger charge is 2.23. The number of nitrogens with zero attached hydrogens (tertiary/aromatic N) is 3. The number of likely N-dealkylation sites (N-methyl/N-ethyl adjacent to an activating group) is 1. The molecule has 0 fully saturated rings. The number of benzene rings is 1. The van der Waals surface area contributed by atoms with E-state index in [9.17, 15) is 9.90 Å². The summed E-state index contributed by atoms with van der Waals surface area (Å²) in [5.74, 6) is -0.781. The van der Waals surface area contributed by atoms with Crippen LogP contribution in [0.15, 0.2) is 24.3 Å². The Morgan fingerprint density at radius 1 is 1.30 bits per heavy atom. The van der Waals surface area contributed by atoms with Gasteiger partial charge in [0.1, 0.15) is 6.04 Å². The van der Waals surface area contributed by atoms with Crippen molar-refractivity contribution in [2.75, 3.05) is 7.05 Å².